The summed E-state index contributed by atoms with van der Waals surface area (Å²) in [6, 6.07) is 7.41. The van der Waals surface area contributed by atoms with Crippen LogP contribution in [-0.4, -0.2) is 9.78 Å². The summed E-state index contributed by atoms with van der Waals surface area (Å²) in [6.07, 6.45) is 1.88. The molecule has 0 saturated carbocycles. The van der Waals surface area contributed by atoms with Crippen molar-refractivity contribution in [3.8, 4) is 5.69 Å². The van der Waals surface area contributed by atoms with Crippen LogP contribution in [0.2, 0.25) is 10.0 Å². The van der Waals surface area contributed by atoms with Crippen molar-refractivity contribution in [2.45, 2.75) is 19.8 Å². The maximum absolute atomic E-state index is 6.11. The van der Waals surface area contributed by atoms with Crippen LogP contribution in [0, 0.1) is 0 Å². The summed E-state index contributed by atoms with van der Waals surface area (Å²) in [4.78, 5) is 0. The van der Waals surface area contributed by atoms with E-state index in [1.165, 1.54) is 0 Å². The summed E-state index contributed by atoms with van der Waals surface area (Å²) in [7, 11) is 0. The lowest BCUT2D eigenvalue weighted by molar-refractivity contribution is 0.768. The SMILES string of the molecule is CC(C)c1ccn(-c2c(Cl)cccc2Cl)n1. The van der Waals surface area contributed by atoms with Crippen LogP contribution in [0.3, 0.4) is 0 Å². The van der Waals surface area contributed by atoms with Crippen LogP contribution < -0.4 is 0 Å². The third kappa shape index (κ3) is 2.08. The fourth-order valence-electron chi connectivity index (χ4n) is 1.48. The molecule has 84 valence electrons. The number of hydrogen-bond donors (Lipinski definition) is 0. The molecule has 1 aromatic heterocycles. The zero-order chi connectivity index (χ0) is 11.7. The van der Waals surface area contributed by atoms with Crippen LogP contribution in [0.4, 0.5) is 0 Å². The van der Waals surface area contributed by atoms with Crippen LogP contribution in [0.1, 0.15) is 25.5 Å². The first kappa shape index (κ1) is 11.5. The highest BCUT2D eigenvalue weighted by Gasteiger charge is 2.10. The van der Waals surface area contributed by atoms with Crippen molar-refractivity contribution in [2.24, 2.45) is 0 Å². The minimum Gasteiger partial charge on any atom is -0.238 e. The lowest BCUT2D eigenvalue weighted by Gasteiger charge is -2.06. The average Bonchev–Trinajstić information content (AvgIpc) is 2.66. The van der Waals surface area contributed by atoms with Gasteiger partial charge in [0.15, 0.2) is 0 Å². The Morgan fingerprint density at radius 2 is 1.75 bits per heavy atom. The molecule has 4 heteroatoms. The molecule has 0 N–H and O–H groups in total. The van der Waals surface area contributed by atoms with Gasteiger partial charge >= 0.3 is 0 Å². The van der Waals surface area contributed by atoms with Gasteiger partial charge in [-0.1, -0.05) is 43.1 Å². The Bertz CT molecular complexity index is 483. The molecule has 0 atom stereocenters. The summed E-state index contributed by atoms with van der Waals surface area (Å²) >= 11 is 12.2. The van der Waals surface area contributed by atoms with Crippen LogP contribution in [0.5, 0.6) is 0 Å². The van der Waals surface area contributed by atoms with Crippen molar-refractivity contribution in [2.75, 3.05) is 0 Å². The van der Waals surface area contributed by atoms with E-state index in [1.54, 1.807) is 16.8 Å². The first-order valence-electron chi connectivity index (χ1n) is 5.09. The topological polar surface area (TPSA) is 17.8 Å². The molecule has 0 spiro atoms. The van der Waals surface area contributed by atoms with Gasteiger partial charge in [0.2, 0.25) is 0 Å². The fraction of sp³-hybridized carbons (Fsp3) is 0.250. The van der Waals surface area contributed by atoms with E-state index in [2.05, 4.69) is 18.9 Å². The van der Waals surface area contributed by atoms with Gasteiger partial charge in [-0.3, -0.25) is 0 Å². The molecule has 0 aliphatic heterocycles. The molecule has 2 aromatic rings. The zero-order valence-corrected chi connectivity index (χ0v) is 10.6. The van der Waals surface area contributed by atoms with E-state index in [9.17, 15) is 0 Å². The number of benzene rings is 1. The first-order valence-corrected chi connectivity index (χ1v) is 5.85. The Morgan fingerprint density at radius 3 is 2.25 bits per heavy atom. The van der Waals surface area contributed by atoms with Crippen molar-refractivity contribution in [3.05, 3.63) is 46.2 Å². The van der Waals surface area contributed by atoms with Gasteiger partial charge in [0.25, 0.3) is 0 Å². The largest absolute Gasteiger partial charge is 0.238 e. The van der Waals surface area contributed by atoms with E-state index < -0.39 is 0 Å². The minimum atomic E-state index is 0.391. The lowest BCUT2D eigenvalue weighted by atomic mass is 10.1. The standard InChI is InChI=1S/C12H12Cl2N2/c1-8(2)11-6-7-16(15-11)12-9(13)4-3-5-10(12)14/h3-8H,1-2H3. The van der Waals surface area contributed by atoms with Crippen molar-refractivity contribution in [1.82, 2.24) is 9.78 Å². The van der Waals surface area contributed by atoms with Crippen LogP contribution >= 0.6 is 23.2 Å². The number of aromatic nitrogens is 2. The lowest BCUT2D eigenvalue weighted by Crippen LogP contribution is -1.98. The number of para-hydroxylation sites is 1. The normalized spacial score (nSPS) is 11.1. The Labute approximate surface area is 105 Å². The van der Waals surface area contributed by atoms with Crippen LogP contribution in [0.15, 0.2) is 30.5 Å². The van der Waals surface area contributed by atoms with Gasteiger partial charge in [-0.25, -0.2) is 4.68 Å². The molecule has 0 fully saturated rings. The Balaban J connectivity index is 2.50. The quantitative estimate of drug-likeness (QED) is 0.782. The van der Waals surface area contributed by atoms with Crippen LogP contribution in [0.25, 0.3) is 5.69 Å². The number of rotatable bonds is 2. The summed E-state index contributed by atoms with van der Waals surface area (Å²) in [6.45, 7) is 4.20. The first-order chi connectivity index (χ1) is 7.59. The van der Waals surface area contributed by atoms with E-state index >= 15 is 0 Å². The second kappa shape index (κ2) is 4.48. The Morgan fingerprint density at radius 1 is 1.12 bits per heavy atom. The molecule has 16 heavy (non-hydrogen) atoms. The summed E-state index contributed by atoms with van der Waals surface area (Å²) in [5.74, 6) is 0.391. The zero-order valence-electron chi connectivity index (χ0n) is 9.11. The maximum Gasteiger partial charge on any atom is 0.102 e. The van der Waals surface area contributed by atoms with Gasteiger partial charge in [0.05, 0.1) is 15.7 Å². The van der Waals surface area contributed by atoms with Crippen molar-refractivity contribution in [1.29, 1.82) is 0 Å². The van der Waals surface area contributed by atoms with Gasteiger partial charge < -0.3 is 0 Å². The Hall–Kier alpha value is -0.990. The number of hydrogen-bond acceptors (Lipinski definition) is 1. The highest BCUT2D eigenvalue weighted by atomic mass is 35.5. The molecule has 2 rings (SSSR count). The summed E-state index contributed by atoms with van der Waals surface area (Å²) in [5, 5.41) is 5.65. The third-order valence-corrected chi connectivity index (χ3v) is 2.98. The smallest absolute Gasteiger partial charge is 0.102 e. The average molecular weight is 255 g/mol. The van der Waals surface area contributed by atoms with Gasteiger partial charge in [-0.05, 0) is 24.1 Å². The van der Waals surface area contributed by atoms with Crippen LogP contribution in [-0.2, 0) is 0 Å². The summed E-state index contributed by atoms with van der Waals surface area (Å²) in [5.41, 5.74) is 1.76. The van der Waals surface area contributed by atoms with E-state index in [4.69, 9.17) is 23.2 Å². The van der Waals surface area contributed by atoms with Gasteiger partial charge in [0, 0.05) is 6.20 Å². The molecule has 1 heterocycles. The molecule has 0 aliphatic rings. The number of nitrogens with zero attached hydrogens (tertiary/aromatic N) is 2. The van der Waals surface area contributed by atoms with E-state index in [-0.39, 0.29) is 0 Å². The third-order valence-electron chi connectivity index (χ3n) is 2.37. The summed E-state index contributed by atoms with van der Waals surface area (Å²) < 4.78 is 1.72. The van der Waals surface area contributed by atoms with Gasteiger partial charge in [-0.2, -0.15) is 5.10 Å². The minimum absolute atomic E-state index is 0.391. The molecule has 0 bridgehead atoms. The van der Waals surface area contributed by atoms with E-state index in [0.717, 1.165) is 11.4 Å². The predicted octanol–water partition coefficient (Wildman–Crippen LogP) is 4.30. The molecule has 0 aliphatic carbocycles. The second-order valence-electron chi connectivity index (χ2n) is 3.91. The maximum atomic E-state index is 6.11. The molecule has 0 radical (unpaired) electrons. The molecule has 0 saturated heterocycles. The van der Waals surface area contributed by atoms with E-state index in [0.29, 0.717) is 16.0 Å². The predicted molar refractivity (Wildman–Crippen MR) is 67.7 cm³/mol. The van der Waals surface area contributed by atoms with Crippen molar-refractivity contribution < 1.29 is 0 Å². The van der Waals surface area contributed by atoms with Gasteiger partial charge in [-0.15, -0.1) is 0 Å². The molecular weight excluding hydrogens is 243 g/mol. The monoisotopic (exact) mass is 254 g/mol. The second-order valence-corrected chi connectivity index (χ2v) is 4.72. The van der Waals surface area contributed by atoms with Gasteiger partial charge in [0.1, 0.15) is 5.69 Å². The highest BCUT2D eigenvalue weighted by Crippen LogP contribution is 2.28. The molecule has 0 amide bonds. The molecule has 1 aromatic carbocycles. The highest BCUT2D eigenvalue weighted by molar-refractivity contribution is 6.37. The van der Waals surface area contributed by atoms with Crippen molar-refractivity contribution in [3.63, 3.8) is 0 Å². The molecular formula is C12H12Cl2N2. The fourth-order valence-corrected chi connectivity index (χ4v) is 2.05. The number of halogens is 2. The molecule has 2 nitrogen and oxygen atoms in total. The van der Waals surface area contributed by atoms with Crippen molar-refractivity contribution >= 4 is 23.2 Å². The Kier molecular flexibility index (Phi) is 3.22. The van der Waals surface area contributed by atoms with E-state index in [1.807, 2.05) is 18.3 Å². The molecule has 0 unspecified atom stereocenters.